The topological polar surface area (TPSA) is 26.0 Å². The van der Waals surface area contributed by atoms with Crippen molar-refractivity contribution in [2.75, 3.05) is 4.90 Å². The van der Waals surface area contributed by atoms with Crippen LogP contribution in [0.25, 0.3) is 76.3 Å². The highest BCUT2D eigenvalue weighted by Gasteiger charge is 2.37. The number of aromatic nitrogens is 3. The van der Waals surface area contributed by atoms with E-state index >= 15 is 0 Å². The Balaban J connectivity index is 1.12. The Labute approximate surface area is 343 Å². The fraction of sp³-hybridized carbons (Fsp3) is 0.0577. The molecule has 13 rings (SSSR count). The number of fused-ring (bicyclic) bond motifs is 12. The standard InChI is InChI=1S/C52H34N4S2/c1-52(2)37-17-6-3-16-36(37)48-38(52)18-13-23-43(48)55-40-20-8-4-14-32(40)34-27-26-31(30-45(34)55)54(51-53-39-19-7-11-24-46(39)58-51)44-29-28-35-33-15-5-9-21-41(33)56-42-22-10-12-25-47(42)57-50(44)49(35)56/h3-30H,1-2H3. The van der Waals surface area contributed by atoms with Crippen molar-refractivity contribution >= 4 is 93.4 Å². The minimum absolute atomic E-state index is 0.103. The van der Waals surface area contributed by atoms with Gasteiger partial charge >= 0.3 is 0 Å². The SMILES string of the molecule is CC1(C)c2ccccc2-c2c(-n3c4ccccc4c4ccc(N(c5nc6ccccc6s5)c5ccc6c7ccccc7n7c6c5Sc5ccccc5-7)cc43)cccc21. The van der Waals surface area contributed by atoms with Gasteiger partial charge in [-0.05, 0) is 77.4 Å². The lowest BCUT2D eigenvalue weighted by Gasteiger charge is -2.28. The fourth-order valence-corrected chi connectivity index (χ4v) is 12.2. The summed E-state index contributed by atoms with van der Waals surface area (Å²) in [5.74, 6) is 0. The highest BCUT2D eigenvalue weighted by molar-refractivity contribution is 8.00. The molecule has 8 aromatic carbocycles. The summed E-state index contributed by atoms with van der Waals surface area (Å²) in [5, 5.41) is 5.94. The maximum atomic E-state index is 5.36. The van der Waals surface area contributed by atoms with Crippen molar-refractivity contribution < 1.29 is 0 Å². The molecule has 1 aliphatic heterocycles. The van der Waals surface area contributed by atoms with E-state index in [1.165, 1.54) is 91.7 Å². The first-order valence-electron chi connectivity index (χ1n) is 19.8. The van der Waals surface area contributed by atoms with Crippen molar-refractivity contribution in [2.24, 2.45) is 0 Å². The minimum Gasteiger partial charge on any atom is -0.309 e. The summed E-state index contributed by atoms with van der Waals surface area (Å²) in [7, 11) is 0. The lowest BCUT2D eigenvalue weighted by atomic mass is 9.82. The molecule has 0 N–H and O–H groups in total. The summed E-state index contributed by atoms with van der Waals surface area (Å²) in [6.45, 7) is 4.72. The summed E-state index contributed by atoms with van der Waals surface area (Å²) >= 11 is 3.61. The van der Waals surface area contributed by atoms with E-state index < -0.39 is 0 Å². The molecule has 4 heterocycles. The lowest BCUT2D eigenvalue weighted by Crippen LogP contribution is -2.15. The summed E-state index contributed by atoms with van der Waals surface area (Å²) in [6.07, 6.45) is 0. The first-order chi connectivity index (χ1) is 28.5. The lowest BCUT2D eigenvalue weighted by molar-refractivity contribution is 0.660. The summed E-state index contributed by atoms with van der Waals surface area (Å²) < 4.78 is 6.15. The largest absolute Gasteiger partial charge is 0.309 e. The molecule has 11 aromatic rings. The van der Waals surface area contributed by atoms with Crippen LogP contribution in [-0.2, 0) is 5.41 Å². The Kier molecular flexibility index (Phi) is 6.57. The van der Waals surface area contributed by atoms with Crippen molar-refractivity contribution in [3.8, 4) is 22.5 Å². The zero-order valence-corrected chi connectivity index (χ0v) is 33.4. The average Bonchev–Trinajstić information content (AvgIpc) is 4.00. The van der Waals surface area contributed by atoms with Gasteiger partial charge in [0.05, 0.1) is 59.9 Å². The molecule has 6 heteroatoms. The predicted molar refractivity (Wildman–Crippen MR) is 245 cm³/mol. The molecule has 0 amide bonds. The van der Waals surface area contributed by atoms with Crippen LogP contribution in [0.15, 0.2) is 180 Å². The molecule has 0 unspecified atom stereocenters. The van der Waals surface area contributed by atoms with Crippen LogP contribution in [0, 0.1) is 0 Å². The van der Waals surface area contributed by atoms with Crippen LogP contribution in [0.4, 0.5) is 16.5 Å². The highest BCUT2D eigenvalue weighted by atomic mass is 32.2. The minimum atomic E-state index is -0.103. The third-order valence-electron chi connectivity index (χ3n) is 12.5. The first-order valence-corrected chi connectivity index (χ1v) is 21.4. The van der Waals surface area contributed by atoms with Crippen LogP contribution in [0.2, 0.25) is 0 Å². The predicted octanol–water partition coefficient (Wildman–Crippen LogP) is 14.7. The number of hydrogen-bond acceptors (Lipinski definition) is 4. The van der Waals surface area contributed by atoms with Crippen LogP contribution in [0.5, 0.6) is 0 Å². The molecule has 2 aliphatic rings. The molecule has 58 heavy (non-hydrogen) atoms. The van der Waals surface area contributed by atoms with Crippen molar-refractivity contribution in [3.63, 3.8) is 0 Å². The number of nitrogens with zero attached hydrogens (tertiary/aromatic N) is 4. The van der Waals surface area contributed by atoms with Gasteiger partial charge in [-0.25, -0.2) is 4.98 Å². The average molecular weight is 779 g/mol. The van der Waals surface area contributed by atoms with E-state index in [-0.39, 0.29) is 5.41 Å². The Morgan fingerprint density at radius 1 is 0.552 bits per heavy atom. The Bertz CT molecular complexity index is 3510. The number of thiazole rings is 1. The molecule has 4 nitrogen and oxygen atoms in total. The van der Waals surface area contributed by atoms with E-state index in [1.807, 2.05) is 11.8 Å². The fourth-order valence-electron chi connectivity index (χ4n) is 9.97. The maximum Gasteiger partial charge on any atom is 0.195 e. The Morgan fingerprint density at radius 2 is 1.22 bits per heavy atom. The number of hydrogen-bond donors (Lipinski definition) is 0. The number of para-hydroxylation sites is 4. The molecular weight excluding hydrogens is 745 g/mol. The monoisotopic (exact) mass is 778 g/mol. The second kappa shape index (κ2) is 11.7. The van der Waals surface area contributed by atoms with E-state index in [1.54, 1.807) is 11.3 Å². The van der Waals surface area contributed by atoms with Crippen LogP contribution in [0.1, 0.15) is 25.0 Å². The zero-order chi connectivity index (χ0) is 38.3. The summed E-state index contributed by atoms with van der Waals surface area (Å²) in [6, 6.07) is 62.5. The molecule has 0 radical (unpaired) electrons. The zero-order valence-electron chi connectivity index (χ0n) is 31.8. The van der Waals surface area contributed by atoms with Gasteiger partial charge < -0.3 is 9.13 Å². The first kappa shape index (κ1) is 32.5. The molecule has 274 valence electrons. The molecule has 0 saturated carbocycles. The van der Waals surface area contributed by atoms with Crippen molar-refractivity contribution in [1.29, 1.82) is 0 Å². The van der Waals surface area contributed by atoms with E-state index in [2.05, 4.69) is 198 Å². The molecule has 0 fully saturated rings. The van der Waals surface area contributed by atoms with E-state index in [4.69, 9.17) is 4.98 Å². The van der Waals surface area contributed by atoms with Gasteiger partial charge in [-0.15, -0.1) is 0 Å². The van der Waals surface area contributed by atoms with Gasteiger partial charge in [0.15, 0.2) is 5.13 Å². The quantitative estimate of drug-likeness (QED) is 0.178. The van der Waals surface area contributed by atoms with Crippen molar-refractivity contribution in [1.82, 2.24) is 14.1 Å². The molecule has 3 aromatic heterocycles. The maximum absolute atomic E-state index is 5.36. The van der Waals surface area contributed by atoms with E-state index in [0.717, 1.165) is 22.0 Å². The molecule has 0 bridgehead atoms. The van der Waals surface area contributed by atoms with Crippen LogP contribution >= 0.6 is 23.1 Å². The molecule has 0 spiro atoms. The van der Waals surface area contributed by atoms with Crippen LogP contribution in [0.3, 0.4) is 0 Å². The summed E-state index contributed by atoms with van der Waals surface area (Å²) in [5.41, 5.74) is 15.7. The third-order valence-corrected chi connectivity index (χ3v) is 14.7. The van der Waals surface area contributed by atoms with Gasteiger partial charge in [0.25, 0.3) is 0 Å². The summed E-state index contributed by atoms with van der Waals surface area (Å²) in [4.78, 5) is 10.2. The Morgan fingerprint density at radius 3 is 2.10 bits per heavy atom. The van der Waals surface area contributed by atoms with Crippen molar-refractivity contribution in [3.05, 3.63) is 181 Å². The molecular formula is C52H34N4S2. The second-order valence-electron chi connectivity index (χ2n) is 16.0. The molecule has 0 atom stereocenters. The van der Waals surface area contributed by atoms with E-state index in [9.17, 15) is 0 Å². The van der Waals surface area contributed by atoms with Gasteiger partial charge in [-0.3, -0.25) is 4.90 Å². The van der Waals surface area contributed by atoms with Crippen LogP contribution in [-0.4, -0.2) is 14.1 Å². The van der Waals surface area contributed by atoms with E-state index in [0.29, 0.717) is 0 Å². The normalized spacial score (nSPS) is 13.8. The Hall–Kier alpha value is -6.60. The van der Waals surface area contributed by atoms with Gasteiger partial charge in [0.1, 0.15) is 0 Å². The van der Waals surface area contributed by atoms with Crippen molar-refractivity contribution in [2.45, 2.75) is 29.1 Å². The van der Waals surface area contributed by atoms with Gasteiger partial charge in [0.2, 0.25) is 0 Å². The number of anilines is 3. The van der Waals surface area contributed by atoms with Crippen LogP contribution < -0.4 is 4.90 Å². The van der Waals surface area contributed by atoms with Gasteiger partial charge in [-0.2, -0.15) is 0 Å². The second-order valence-corrected chi connectivity index (χ2v) is 18.0. The smallest absolute Gasteiger partial charge is 0.195 e. The molecule has 0 saturated heterocycles. The highest BCUT2D eigenvalue weighted by Crippen LogP contribution is 2.55. The molecule has 1 aliphatic carbocycles. The third kappa shape index (κ3) is 4.28. The number of rotatable bonds is 4. The number of benzene rings is 8. The van der Waals surface area contributed by atoms with Gasteiger partial charge in [0, 0.05) is 37.4 Å². The van der Waals surface area contributed by atoms with Gasteiger partial charge in [-0.1, -0.05) is 146 Å².